The normalized spacial score (nSPS) is 18.7. The van der Waals surface area contributed by atoms with Crippen LogP contribution in [0.1, 0.15) is 32.3 Å². The summed E-state index contributed by atoms with van der Waals surface area (Å²) in [7, 11) is 1.64. The fourth-order valence-electron chi connectivity index (χ4n) is 3.00. The highest BCUT2D eigenvalue weighted by Crippen LogP contribution is 2.17. The number of nitrogens with zero attached hydrogens (tertiary/aromatic N) is 1. The van der Waals surface area contributed by atoms with Gasteiger partial charge >= 0.3 is 6.03 Å². The summed E-state index contributed by atoms with van der Waals surface area (Å²) in [5.74, 6) is 1.36. The molecule has 0 radical (unpaired) electrons. The number of nitrogens with one attached hydrogen (secondary N) is 2. The van der Waals surface area contributed by atoms with E-state index in [4.69, 9.17) is 4.74 Å². The van der Waals surface area contributed by atoms with Crippen LogP contribution in [0.5, 0.6) is 5.75 Å². The third-order valence-electron chi connectivity index (χ3n) is 4.42. The Morgan fingerprint density at radius 1 is 1.39 bits per heavy atom. The second-order valence-corrected chi connectivity index (χ2v) is 6.51. The van der Waals surface area contributed by atoms with Gasteiger partial charge in [0, 0.05) is 25.7 Å². The van der Waals surface area contributed by atoms with E-state index < -0.39 is 0 Å². The molecule has 0 saturated carbocycles. The molecule has 1 aliphatic heterocycles. The van der Waals surface area contributed by atoms with Crippen molar-refractivity contribution in [1.82, 2.24) is 15.5 Å². The van der Waals surface area contributed by atoms with Gasteiger partial charge in [-0.1, -0.05) is 12.1 Å². The van der Waals surface area contributed by atoms with Crippen molar-refractivity contribution in [1.29, 1.82) is 0 Å². The molecule has 1 saturated heterocycles. The molecule has 1 unspecified atom stereocenters. The van der Waals surface area contributed by atoms with Gasteiger partial charge < -0.3 is 20.3 Å². The van der Waals surface area contributed by atoms with E-state index in [0.717, 1.165) is 24.4 Å². The number of methoxy groups -OCH3 is 1. The van der Waals surface area contributed by atoms with Crippen LogP contribution in [0.3, 0.4) is 0 Å². The number of ether oxygens (including phenoxy) is 1. The fraction of sp³-hybridized carbons (Fsp3) is 0.611. The van der Waals surface area contributed by atoms with E-state index >= 15 is 0 Å². The highest BCUT2D eigenvalue weighted by atomic mass is 16.5. The zero-order valence-electron chi connectivity index (χ0n) is 14.5. The molecular formula is C18H29N3O2. The maximum Gasteiger partial charge on any atom is 0.315 e. The lowest BCUT2D eigenvalue weighted by atomic mass is 9.97. The minimum absolute atomic E-state index is 0.102. The van der Waals surface area contributed by atoms with Crippen molar-refractivity contribution in [3.63, 3.8) is 0 Å². The summed E-state index contributed by atoms with van der Waals surface area (Å²) in [6.45, 7) is 7.97. The molecule has 1 aromatic carbocycles. The Kier molecular flexibility index (Phi) is 6.71. The standard InChI is InChI=1S/C18H29N3O2/c1-14(2)21-9-5-7-16(13-21)12-20-18(22)19-11-15-6-4-8-17(10-15)23-3/h4,6,8,10,14,16H,5,7,9,11-13H2,1-3H3,(H2,19,20,22). The van der Waals surface area contributed by atoms with Crippen molar-refractivity contribution in [3.05, 3.63) is 29.8 Å². The van der Waals surface area contributed by atoms with E-state index in [1.165, 1.54) is 19.4 Å². The zero-order chi connectivity index (χ0) is 16.7. The minimum Gasteiger partial charge on any atom is -0.497 e. The van der Waals surface area contributed by atoms with Crippen molar-refractivity contribution < 1.29 is 9.53 Å². The fourth-order valence-corrected chi connectivity index (χ4v) is 3.00. The first-order valence-corrected chi connectivity index (χ1v) is 8.47. The van der Waals surface area contributed by atoms with E-state index in [-0.39, 0.29) is 6.03 Å². The molecule has 2 rings (SSSR count). The van der Waals surface area contributed by atoms with Gasteiger partial charge in [-0.05, 0) is 56.8 Å². The lowest BCUT2D eigenvalue weighted by Crippen LogP contribution is -2.45. The van der Waals surface area contributed by atoms with Crippen molar-refractivity contribution >= 4 is 6.03 Å². The Morgan fingerprint density at radius 3 is 2.96 bits per heavy atom. The molecule has 1 fully saturated rings. The first-order chi connectivity index (χ1) is 11.1. The van der Waals surface area contributed by atoms with E-state index in [2.05, 4.69) is 29.4 Å². The molecule has 1 atom stereocenters. The molecular weight excluding hydrogens is 290 g/mol. The zero-order valence-corrected chi connectivity index (χ0v) is 14.5. The largest absolute Gasteiger partial charge is 0.497 e. The third-order valence-corrected chi connectivity index (χ3v) is 4.42. The predicted octanol–water partition coefficient (Wildman–Crippen LogP) is 2.61. The Balaban J connectivity index is 1.70. The highest BCUT2D eigenvalue weighted by Gasteiger charge is 2.21. The molecule has 128 valence electrons. The van der Waals surface area contributed by atoms with Gasteiger partial charge in [0.1, 0.15) is 5.75 Å². The molecule has 0 spiro atoms. The van der Waals surface area contributed by atoms with Crippen LogP contribution in [0.2, 0.25) is 0 Å². The molecule has 23 heavy (non-hydrogen) atoms. The summed E-state index contributed by atoms with van der Waals surface area (Å²) >= 11 is 0. The van der Waals surface area contributed by atoms with Crippen LogP contribution in [-0.4, -0.2) is 43.7 Å². The summed E-state index contributed by atoms with van der Waals surface area (Å²) in [5.41, 5.74) is 1.03. The Morgan fingerprint density at radius 2 is 2.22 bits per heavy atom. The number of likely N-dealkylation sites (tertiary alicyclic amines) is 1. The second kappa shape index (κ2) is 8.77. The quantitative estimate of drug-likeness (QED) is 0.847. The van der Waals surface area contributed by atoms with Crippen LogP contribution in [-0.2, 0) is 6.54 Å². The third kappa shape index (κ3) is 5.75. The average Bonchev–Trinajstić information content (AvgIpc) is 2.58. The van der Waals surface area contributed by atoms with Gasteiger partial charge in [-0.3, -0.25) is 0 Å². The van der Waals surface area contributed by atoms with Crippen LogP contribution in [0.15, 0.2) is 24.3 Å². The van der Waals surface area contributed by atoms with Crippen molar-refractivity contribution in [2.75, 3.05) is 26.7 Å². The summed E-state index contributed by atoms with van der Waals surface area (Å²) in [6.07, 6.45) is 2.41. The molecule has 0 bridgehead atoms. The first-order valence-electron chi connectivity index (χ1n) is 8.47. The number of carbonyl (C=O) groups is 1. The molecule has 1 aliphatic rings. The summed E-state index contributed by atoms with van der Waals surface area (Å²) < 4.78 is 5.18. The van der Waals surface area contributed by atoms with Crippen molar-refractivity contribution in [2.45, 2.75) is 39.3 Å². The molecule has 5 nitrogen and oxygen atoms in total. The van der Waals surface area contributed by atoms with E-state index in [0.29, 0.717) is 18.5 Å². The van der Waals surface area contributed by atoms with E-state index in [1.807, 2.05) is 24.3 Å². The van der Waals surface area contributed by atoms with Gasteiger partial charge in [0.25, 0.3) is 0 Å². The van der Waals surface area contributed by atoms with E-state index in [1.54, 1.807) is 7.11 Å². The maximum absolute atomic E-state index is 12.0. The molecule has 2 N–H and O–H groups in total. The Bertz CT molecular complexity index is 505. The van der Waals surface area contributed by atoms with Gasteiger partial charge in [0.2, 0.25) is 0 Å². The highest BCUT2D eigenvalue weighted by molar-refractivity contribution is 5.73. The number of carbonyl (C=O) groups excluding carboxylic acids is 1. The monoisotopic (exact) mass is 319 g/mol. The lowest BCUT2D eigenvalue weighted by molar-refractivity contribution is 0.139. The number of hydrogen-bond donors (Lipinski definition) is 2. The van der Waals surface area contributed by atoms with Gasteiger partial charge in [-0.15, -0.1) is 0 Å². The lowest BCUT2D eigenvalue weighted by Gasteiger charge is -2.35. The van der Waals surface area contributed by atoms with Crippen LogP contribution < -0.4 is 15.4 Å². The van der Waals surface area contributed by atoms with Gasteiger partial charge in [-0.2, -0.15) is 0 Å². The van der Waals surface area contributed by atoms with Crippen LogP contribution >= 0.6 is 0 Å². The molecule has 1 heterocycles. The number of piperidine rings is 1. The summed E-state index contributed by atoms with van der Waals surface area (Å²) in [6, 6.07) is 8.21. The van der Waals surface area contributed by atoms with Crippen LogP contribution in [0, 0.1) is 5.92 Å². The van der Waals surface area contributed by atoms with Gasteiger partial charge in [0.15, 0.2) is 0 Å². The number of amides is 2. The first kappa shape index (κ1) is 17.6. The summed E-state index contributed by atoms with van der Waals surface area (Å²) in [4.78, 5) is 14.5. The number of benzene rings is 1. The van der Waals surface area contributed by atoms with Gasteiger partial charge in [0.05, 0.1) is 7.11 Å². The summed E-state index contributed by atoms with van der Waals surface area (Å²) in [5, 5.41) is 5.91. The SMILES string of the molecule is COc1cccc(CNC(=O)NCC2CCCN(C(C)C)C2)c1. The smallest absolute Gasteiger partial charge is 0.315 e. The Labute approximate surface area is 139 Å². The predicted molar refractivity (Wildman–Crippen MR) is 92.7 cm³/mol. The molecule has 2 amide bonds. The average molecular weight is 319 g/mol. The Hall–Kier alpha value is -1.75. The molecule has 0 aromatic heterocycles. The van der Waals surface area contributed by atoms with Crippen molar-refractivity contribution in [2.24, 2.45) is 5.92 Å². The second-order valence-electron chi connectivity index (χ2n) is 6.51. The minimum atomic E-state index is -0.102. The number of rotatable bonds is 6. The number of hydrogen-bond acceptors (Lipinski definition) is 3. The van der Waals surface area contributed by atoms with Gasteiger partial charge in [-0.25, -0.2) is 4.79 Å². The topological polar surface area (TPSA) is 53.6 Å². The maximum atomic E-state index is 12.0. The van der Waals surface area contributed by atoms with Crippen molar-refractivity contribution in [3.8, 4) is 5.75 Å². The molecule has 5 heteroatoms. The molecule has 1 aromatic rings. The van der Waals surface area contributed by atoms with Crippen LogP contribution in [0.25, 0.3) is 0 Å². The number of urea groups is 1. The van der Waals surface area contributed by atoms with E-state index in [9.17, 15) is 4.79 Å². The molecule has 0 aliphatic carbocycles. The van der Waals surface area contributed by atoms with Crippen LogP contribution in [0.4, 0.5) is 4.79 Å².